The summed E-state index contributed by atoms with van der Waals surface area (Å²) in [4.78, 5) is 0. The molecule has 23 heavy (non-hydrogen) atoms. The van der Waals surface area contributed by atoms with Gasteiger partial charge in [-0.1, -0.05) is 19.8 Å². The van der Waals surface area contributed by atoms with E-state index in [0.717, 1.165) is 19.3 Å². The molecule has 0 saturated heterocycles. The zero-order valence-corrected chi connectivity index (χ0v) is 14.2. The zero-order valence-electron chi connectivity index (χ0n) is 13.4. The quantitative estimate of drug-likeness (QED) is 0.803. The third-order valence-electron chi connectivity index (χ3n) is 4.17. The first kappa shape index (κ1) is 16.2. The maximum atomic E-state index is 12.3. The first-order valence-corrected chi connectivity index (χ1v) is 9.35. The van der Waals surface area contributed by atoms with Gasteiger partial charge < -0.3 is 8.83 Å². The molecule has 2 heterocycles. The lowest BCUT2D eigenvalue weighted by atomic mass is 10.1. The third-order valence-corrected chi connectivity index (χ3v) is 5.90. The van der Waals surface area contributed by atoms with Gasteiger partial charge in [-0.25, -0.2) is 8.42 Å². The van der Waals surface area contributed by atoms with E-state index in [9.17, 15) is 8.42 Å². The molecule has 0 N–H and O–H groups in total. The lowest BCUT2D eigenvalue weighted by Gasteiger charge is -2.13. The van der Waals surface area contributed by atoms with Crippen molar-refractivity contribution < 1.29 is 17.3 Å². The van der Waals surface area contributed by atoms with Crippen LogP contribution in [-0.2, 0) is 10.0 Å². The molecule has 1 saturated carbocycles. The second kappa shape index (κ2) is 6.45. The summed E-state index contributed by atoms with van der Waals surface area (Å²) in [7, 11) is -2.09. The maximum absolute atomic E-state index is 12.3. The van der Waals surface area contributed by atoms with E-state index in [0.29, 0.717) is 29.8 Å². The van der Waals surface area contributed by atoms with E-state index in [4.69, 9.17) is 8.83 Å². The first-order valence-electron chi connectivity index (χ1n) is 7.91. The van der Waals surface area contributed by atoms with Crippen LogP contribution in [0.2, 0.25) is 0 Å². The van der Waals surface area contributed by atoms with Crippen molar-refractivity contribution in [2.24, 2.45) is 0 Å². The molecule has 0 spiro atoms. The van der Waals surface area contributed by atoms with Gasteiger partial charge in [-0.05, 0) is 19.3 Å². The third kappa shape index (κ3) is 3.18. The minimum Gasteiger partial charge on any atom is -0.451 e. The fourth-order valence-electron chi connectivity index (χ4n) is 2.84. The molecule has 1 fully saturated rings. The normalized spacial score (nSPS) is 16.5. The Morgan fingerprint density at radius 2 is 2.04 bits per heavy atom. The van der Waals surface area contributed by atoms with Crippen molar-refractivity contribution in [3.05, 3.63) is 18.2 Å². The van der Waals surface area contributed by atoms with Crippen LogP contribution >= 0.6 is 0 Å². The SMILES string of the molecule is CCCN(C)S(=O)(=O)c1cc(-c2nnc(C3CCCC3)o2)co1. The molecule has 1 aliphatic carbocycles. The summed E-state index contributed by atoms with van der Waals surface area (Å²) in [5.41, 5.74) is 0.491. The lowest BCUT2D eigenvalue weighted by molar-refractivity contribution is 0.408. The van der Waals surface area contributed by atoms with Crippen LogP contribution in [0.15, 0.2) is 26.3 Å². The summed E-state index contributed by atoms with van der Waals surface area (Å²) in [5.74, 6) is 1.25. The second-order valence-corrected chi connectivity index (χ2v) is 7.88. The van der Waals surface area contributed by atoms with E-state index in [-0.39, 0.29) is 5.09 Å². The van der Waals surface area contributed by atoms with Gasteiger partial charge in [-0.2, -0.15) is 4.31 Å². The molecule has 126 valence electrons. The van der Waals surface area contributed by atoms with Crippen molar-refractivity contribution in [3.63, 3.8) is 0 Å². The van der Waals surface area contributed by atoms with Crippen molar-refractivity contribution in [3.8, 4) is 11.5 Å². The first-order chi connectivity index (χ1) is 11.0. The fraction of sp³-hybridized carbons (Fsp3) is 0.600. The number of furan rings is 1. The highest BCUT2D eigenvalue weighted by atomic mass is 32.2. The average Bonchev–Trinajstić information content (AvgIpc) is 3.26. The van der Waals surface area contributed by atoms with E-state index in [1.165, 1.54) is 36.5 Å². The Kier molecular flexibility index (Phi) is 4.54. The van der Waals surface area contributed by atoms with E-state index in [1.54, 1.807) is 0 Å². The Labute approximate surface area is 135 Å². The second-order valence-electron chi connectivity index (χ2n) is 5.91. The van der Waals surface area contributed by atoms with Crippen molar-refractivity contribution in [2.45, 2.75) is 50.0 Å². The van der Waals surface area contributed by atoms with Crippen molar-refractivity contribution in [1.82, 2.24) is 14.5 Å². The van der Waals surface area contributed by atoms with Crippen LogP contribution in [0.1, 0.15) is 50.8 Å². The number of nitrogens with zero attached hydrogens (tertiary/aromatic N) is 3. The minimum atomic E-state index is -3.62. The Morgan fingerprint density at radius 1 is 1.30 bits per heavy atom. The summed E-state index contributed by atoms with van der Waals surface area (Å²) < 4.78 is 36.9. The van der Waals surface area contributed by atoms with Crippen molar-refractivity contribution in [1.29, 1.82) is 0 Å². The number of hydrogen-bond donors (Lipinski definition) is 0. The molecular formula is C15H21N3O4S. The standard InChI is InChI=1S/C15H21N3O4S/c1-3-8-18(2)23(19,20)13-9-12(10-21-13)15-17-16-14(22-15)11-6-4-5-7-11/h9-11H,3-8H2,1-2H3. The molecular weight excluding hydrogens is 318 g/mol. The topological polar surface area (TPSA) is 89.4 Å². The van der Waals surface area contributed by atoms with Gasteiger partial charge >= 0.3 is 0 Å². The van der Waals surface area contributed by atoms with E-state index >= 15 is 0 Å². The minimum absolute atomic E-state index is 0.107. The molecule has 0 aromatic carbocycles. The Bertz CT molecular complexity index is 759. The largest absolute Gasteiger partial charge is 0.451 e. The van der Waals surface area contributed by atoms with Crippen LogP contribution < -0.4 is 0 Å². The summed E-state index contributed by atoms with van der Waals surface area (Å²) in [5, 5.41) is 8.01. The maximum Gasteiger partial charge on any atom is 0.276 e. The van der Waals surface area contributed by atoms with E-state index in [1.807, 2.05) is 6.92 Å². The summed E-state index contributed by atoms with van der Waals surface area (Å²) in [6.45, 7) is 2.35. The van der Waals surface area contributed by atoms with Crippen LogP contribution in [0, 0.1) is 0 Å². The Balaban J connectivity index is 1.82. The Morgan fingerprint density at radius 3 is 2.74 bits per heavy atom. The van der Waals surface area contributed by atoms with Gasteiger partial charge in [0.1, 0.15) is 6.26 Å². The average molecular weight is 339 g/mol. The van der Waals surface area contributed by atoms with Crippen LogP contribution in [0.3, 0.4) is 0 Å². The van der Waals surface area contributed by atoms with Gasteiger partial charge in [0.05, 0.1) is 5.56 Å². The molecule has 2 aromatic heterocycles. The molecule has 0 radical (unpaired) electrons. The van der Waals surface area contributed by atoms with Gasteiger partial charge in [0.15, 0.2) is 0 Å². The van der Waals surface area contributed by atoms with Gasteiger partial charge in [-0.3, -0.25) is 0 Å². The van der Waals surface area contributed by atoms with Gasteiger partial charge in [0.25, 0.3) is 15.9 Å². The molecule has 0 bridgehead atoms. The number of rotatable bonds is 6. The van der Waals surface area contributed by atoms with Crippen molar-refractivity contribution >= 4 is 10.0 Å². The highest BCUT2D eigenvalue weighted by molar-refractivity contribution is 7.89. The van der Waals surface area contributed by atoms with Crippen LogP contribution in [0.4, 0.5) is 0 Å². The molecule has 0 atom stereocenters. The molecule has 0 amide bonds. The molecule has 8 heteroatoms. The summed E-state index contributed by atoms with van der Waals surface area (Å²) >= 11 is 0. The highest BCUT2D eigenvalue weighted by Gasteiger charge is 2.27. The van der Waals surface area contributed by atoms with Gasteiger partial charge in [-0.15, -0.1) is 10.2 Å². The fourth-order valence-corrected chi connectivity index (χ4v) is 4.02. The molecule has 3 rings (SSSR count). The monoisotopic (exact) mass is 339 g/mol. The lowest BCUT2D eigenvalue weighted by Crippen LogP contribution is -2.27. The summed E-state index contributed by atoms with van der Waals surface area (Å²) in [6.07, 6.45) is 6.57. The van der Waals surface area contributed by atoms with Crippen LogP contribution in [0.25, 0.3) is 11.5 Å². The predicted octanol–water partition coefficient (Wildman–Crippen LogP) is 3.02. The smallest absolute Gasteiger partial charge is 0.276 e. The van der Waals surface area contributed by atoms with Gasteiger partial charge in [0.2, 0.25) is 11.0 Å². The van der Waals surface area contributed by atoms with E-state index in [2.05, 4.69) is 10.2 Å². The van der Waals surface area contributed by atoms with E-state index < -0.39 is 10.0 Å². The van der Waals surface area contributed by atoms with Crippen LogP contribution in [-0.4, -0.2) is 36.5 Å². The highest BCUT2D eigenvalue weighted by Crippen LogP contribution is 2.34. The molecule has 0 unspecified atom stereocenters. The molecule has 2 aromatic rings. The van der Waals surface area contributed by atoms with Crippen LogP contribution in [0.5, 0.6) is 0 Å². The summed E-state index contributed by atoms with van der Waals surface area (Å²) in [6, 6.07) is 1.44. The Hall–Kier alpha value is -1.67. The molecule has 7 nitrogen and oxygen atoms in total. The number of aromatic nitrogens is 2. The predicted molar refractivity (Wildman–Crippen MR) is 83.3 cm³/mol. The molecule has 1 aliphatic rings. The number of hydrogen-bond acceptors (Lipinski definition) is 6. The zero-order chi connectivity index (χ0) is 16.4. The van der Waals surface area contributed by atoms with Gasteiger partial charge in [0, 0.05) is 25.6 Å². The number of sulfonamides is 1. The molecule has 0 aliphatic heterocycles. The van der Waals surface area contributed by atoms with Crippen molar-refractivity contribution in [2.75, 3.05) is 13.6 Å².